The van der Waals surface area contributed by atoms with Crippen LogP contribution in [0.25, 0.3) is 0 Å². The average Bonchev–Trinajstić information content (AvgIpc) is 2.53. The van der Waals surface area contributed by atoms with E-state index in [1.807, 2.05) is 0 Å². The predicted molar refractivity (Wildman–Crippen MR) is 87.4 cm³/mol. The van der Waals surface area contributed by atoms with Crippen molar-refractivity contribution in [2.75, 3.05) is 13.1 Å². The van der Waals surface area contributed by atoms with Gasteiger partial charge in [0.1, 0.15) is 6.04 Å². The molecule has 1 atom stereocenters. The number of sulfonamides is 1. The molecule has 2 amide bonds. The summed E-state index contributed by atoms with van der Waals surface area (Å²) in [6, 6.07) is 4.76. The Morgan fingerprint density at radius 2 is 1.87 bits per heavy atom. The van der Waals surface area contributed by atoms with E-state index in [1.54, 1.807) is 13.8 Å². The maximum atomic E-state index is 12.0. The van der Waals surface area contributed by atoms with E-state index in [0.29, 0.717) is 6.54 Å². The molecule has 23 heavy (non-hydrogen) atoms. The molecule has 0 bridgehead atoms. The van der Waals surface area contributed by atoms with Crippen molar-refractivity contribution >= 4 is 21.8 Å². The highest BCUT2D eigenvalue weighted by atomic mass is 32.2. The Kier molecular flexibility index (Phi) is 6.92. The van der Waals surface area contributed by atoms with Crippen LogP contribution in [0, 0.1) is 0 Å². The van der Waals surface area contributed by atoms with E-state index in [2.05, 4.69) is 21.9 Å². The SMILES string of the molecule is C=CCNS(=O)(=O)c1ccc(C(=O)N[C@H](C)C(=O)NCC)cc1. The van der Waals surface area contributed by atoms with Crippen LogP contribution in [0.15, 0.2) is 41.8 Å². The number of carbonyl (C=O) groups is 2. The van der Waals surface area contributed by atoms with Gasteiger partial charge >= 0.3 is 0 Å². The van der Waals surface area contributed by atoms with Crippen molar-refractivity contribution in [3.63, 3.8) is 0 Å². The van der Waals surface area contributed by atoms with Gasteiger partial charge in [0.2, 0.25) is 15.9 Å². The van der Waals surface area contributed by atoms with Crippen LogP contribution in [-0.2, 0) is 14.8 Å². The van der Waals surface area contributed by atoms with Crippen molar-refractivity contribution in [1.29, 1.82) is 0 Å². The third-order valence-corrected chi connectivity index (χ3v) is 4.38. The summed E-state index contributed by atoms with van der Waals surface area (Å²) in [6.45, 7) is 7.39. The molecule has 1 aromatic rings. The monoisotopic (exact) mass is 339 g/mol. The Balaban J connectivity index is 2.78. The van der Waals surface area contributed by atoms with Crippen LogP contribution in [0.5, 0.6) is 0 Å². The molecule has 0 radical (unpaired) electrons. The molecule has 0 aromatic heterocycles. The highest BCUT2D eigenvalue weighted by Crippen LogP contribution is 2.10. The minimum atomic E-state index is -3.63. The largest absolute Gasteiger partial charge is 0.355 e. The molecule has 0 saturated heterocycles. The van der Waals surface area contributed by atoms with Crippen LogP contribution < -0.4 is 15.4 Å². The lowest BCUT2D eigenvalue weighted by Gasteiger charge is -2.13. The lowest BCUT2D eigenvalue weighted by Crippen LogP contribution is -2.44. The van der Waals surface area contributed by atoms with E-state index in [0.717, 1.165) is 0 Å². The molecule has 0 saturated carbocycles. The number of rotatable bonds is 8. The fraction of sp³-hybridized carbons (Fsp3) is 0.333. The Hall–Kier alpha value is -2.19. The highest BCUT2D eigenvalue weighted by molar-refractivity contribution is 7.89. The first-order chi connectivity index (χ1) is 10.8. The predicted octanol–water partition coefficient (Wildman–Crippen LogP) is 0.405. The zero-order valence-corrected chi connectivity index (χ0v) is 13.9. The maximum absolute atomic E-state index is 12.0. The van der Waals surface area contributed by atoms with Gasteiger partial charge in [-0.25, -0.2) is 13.1 Å². The van der Waals surface area contributed by atoms with Crippen molar-refractivity contribution in [2.45, 2.75) is 24.8 Å². The average molecular weight is 339 g/mol. The first kappa shape index (κ1) is 18.9. The molecule has 7 nitrogen and oxygen atoms in total. The quantitative estimate of drug-likeness (QED) is 0.597. The van der Waals surface area contributed by atoms with E-state index >= 15 is 0 Å². The lowest BCUT2D eigenvalue weighted by molar-refractivity contribution is -0.122. The third-order valence-electron chi connectivity index (χ3n) is 2.94. The molecule has 0 spiro atoms. The number of likely N-dealkylation sites (N-methyl/N-ethyl adjacent to an activating group) is 1. The first-order valence-corrected chi connectivity index (χ1v) is 8.59. The van der Waals surface area contributed by atoms with Gasteiger partial charge in [-0.1, -0.05) is 6.08 Å². The van der Waals surface area contributed by atoms with Gasteiger partial charge in [0.05, 0.1) is 4.90 Å². The van der Waals surface area contributed by atoms with Crippen LogP contribution in [0.2, 0.25) is 0 Å². The van der Waals surface area contributed by atoms with Gasteiger partial charge in [0.15, 0.2) is 0 Å². The zero-order valence-electron chi connectivity index (χ0n) is 13.1. The van der Waals surface area contributed by atoms with Crippen LogP contribution in [0.4, 0.5) is 0 Å². The van der Waals surface area contributed by atoms with Crippen LogP contribution >= 0.6 is 0 Å². The van der Waals surface area contributed by atoms with Gasteiger partial charge in [-0.2, -0.15) is 0 Å². The minimum Gasteiger partial charge on any atom is -0.355 e. The third kappa shape index (κ3) is 5.50. The summed E-state index contributed by atoms with van der Waals surface area (Å²) in [5, 5.41) is 5.15. The van der Waals surface area contributed by atoms with Crippen molar-refractivity contribution < 1.29 is 18.0 Å². The number of amides is 2. The Bertz CT molecular complexity index is 668. The zero-order chi connectivity index (χ0) is 17.5. The summed E-state index contributed by atoms with van der Waals surface area (Å²) >= 11 is 0. The highest BCUT2D eigenvalue weighted by Gasteiger charge is 2.17. The van der Waals surface area contributed by atoms with Crippen molar-refractivity contribution in [3.05, 3.63) is 42.5 Å². The molecular weight excluding hydrogens is 318 g/mol. The van der Waals surface area contributed by atoms with E-state index < -0.39 is 22.0 Å². The lowest BCUT2D eigenvalue weighted by atomic mass is 10.2. The molecule has 0 unspecified atom stereocenters. The molecule has 0 aliphatic carbocycles. The summed E-state index contributed by atoms with van der Waals surface area (Å²) in [5.74, 6) is -0.736. The molecule has 1 rings (SSSR count). The van der Waals surface area contributed by atoms with E-state index in [-0.39, 0.29) is 22.9 Å². The second-order valence-corrected chi connectivity index (χ2v) is 6.52. The molecule has 3 N–H and O–H groups in total. The van der Waals surface area contributed by atoms with Crippen LogP contribution in [0.3, 0.4) is 0 Å². The summed E-state index contributed by atoms with van der Waals surface area (Å²) in [7, 11) is -3.63. The van der Waals surface area contributed by atoms with Gasteiger partial charge in [0.25, 0.3) is 5.91 Å². The summed E-state index contributed by atoms with van der Waals surface area (Å²) < 4.78 is 26.1. The minimum absolute atomic E-state index is 0.0488. The fourth-order valence-electron chi connectivity index (χ4n) is 1.71. The van der Waals surface area contributed by atoms with Gasteiger partial charge in [0, 0.05) is 18.7 Å². The Morgan fingerprint density at radius 3 is 2.39 bits per heavy atom. The molecule has 126 valence electrons. The van der Waals surface area contributed by atoms with Crippen molar-refractivity contribution in [1.82, 2.24) is 15.4 Å². The number of nitrogens with one attached hydrogen (secondary N) is 3. The Labute approximate surface area is 136 Å². The van der Waals surface area contributed by atoms with Crippen LogP contribution in [0.1, 0.15) is 24.2 Å². The van der Waals surface area contributed by atoms with Gasteiger partial charge in [-0.3, -0.25) is 9.59 Å². The standard InChI is InChI=1S/C15H21N3O4S/c1-4-10-17-23(21,22)13-8-6-12(7-9-13)15(20)18-11(3)14(19)16-5-2/h4,6-9,11,17H,1,5,10H2,2-3H3,(H,16,19)(H,18,20)/t11-/m1/s1. The smallest absolute Gasteiger partial charge is 0.251 e. The van der Waals surface area contributed by atoms with E-state index in [4.69, 9.17) is 0 Å². The second kappa shape index (κ2) is 8.44. The number of hydrogen-bond acceptors (Lipinski definition) is 4. The first-order valence-electron chi connectivity index (χ1n) is 7.11. The van der Waals surface area contributed by atoms with Gasteiger partial charge in [-0.15, -0.1) is 6.58 Å². The number of benzene rings is 1. The molecule has 0 heterocycles. The van der Waals surface area contributed by atoms with Crippen molar-refractivity contribution in [2.24, 2.45) is 0 Å². The molecule has 1 aromatic carbocycles. The van der Waals surface area contributed by atoms with Gasteiger partial charge in [-0.05, 0) is 38.1 Å². The van der Waals surface area contributed by atoms with Gasteiger partial charge < -0.3 is 10.6 Å². The maximum Gasteiger partial charge on any atom is 0.251 e. The molecular formula is C15H21N3O4S. The molecule has 8 heteroatoms. The summed E-state index contributed by atoms with van der Waals surface area (Å²) in [4.78, 5) is 23.7. The van der Waals surface area contributed by atoms with Crippen LogP contribution in [-0.4, -0.2) is 39.4 Å². The van der Waals surface area contributed by atoms with E-state index in [9.17, 15) is 18.0 Å². The number of carbonyl (C=O) groups excluding carboxylic acids is 2. The molecule has 0 aliphatic rings. The normalized spacial score (nSPS) is 12.3. The fourth-order valence-corrected chi connectivity index (χ4v) is 2.71. The second-order valence-electron chi connectivity index (χ2n) is 4.75. The van der Waals surface area contributed by atoms with E-state index in [1.165, 1.54) is 30.3 Å². The molecule has 0 aliphatic heterocycles. The summed E-state index contributed by atoms with van der Waals surface area (Å²) in [6.07, 6.45) is 1.43. The Morgan fingerprint density at radius 1 is 1.26 bits per heavy atom. The summed E-state index contributed by atoms with van der Waals surface area (Å²) in [5.41, 5.74) is 0.267. The topological polar surface area (TPSA) is 104 Å². The molecule has 0 fully saturated rings. The number of hydrogen-bond donors (Lipinski definition) is 3. The van der Waals surface area contributed by atoms with Crippen molar-refractivity contribution in [3.8, 4) is 0 Å².